The Kier molecular flexibility index (Phi) is 5.84. The van der Waals surface area contributed by atoms with Crippen molar-refractivity contribution in [3.63, 3.8) is 0 Å². The Morgan fingerprint density at radius 1 is 1.55 bits per heavy atom. The van der Waals surface area contributed by atoms with Gasteiger partial charge in [0.15, 0.2) is 0 Å². The first-order valence-electron chi connectivity index (χ1n) is 4.01. The Hall–Kier alpha value is -0.570. The smallest absolute Gasteiger partial charge is 0.207 e. The van der Waals surface area contributed by atoms with E-state index in [1.807, 2.05) is 0 Å². The number of hydrogen-bond donors (Lipinski definition) is 2. The van der Waals surface area contributed by atoms with Crippen LogP contribution in [0.25, 0.3) is 0 Å². The van der Waals surface area contributed by atoms with Gasteiger partial charge in [-0.3, -0.25) is 4.79 Å². The summed E-state index contributed by atoms with van der Waals surface area (Å²) in [6.45, 7) is 4.33. The maximum Gasteiger partial charge on any atom is 0.207 e. The quantitative estimate of drug-likeness (QED) is 0.555. The standard InChI is InChI=1S/C8H17NO2/c1-7(2)5-8(3-4-10)9-6-11/h6-8,10H,3-5H2,1-2H3,(H,9,11)/t8-/m1/s1. The van der Waals surface area contributed by atoms with Gasteiger partial charge < -0.3 is 10.4 Å². The van der Waals surface area contributed by atoms with Crippen molar-refractivity contribution < 1.29 is 9.90 Å². The van der Waals surface area contributed by atoms with Gasteiger partial charge in [0, 0.05) is 12.6 Å². The summed E-state index contributed by atoms with van der Waals surface area (Å²) in [6, 6.07) is 0.137. The van der Waals surface area contributed by atoms with Gasteiger partial charge in [0.1, 0.15) is 0 Å². The van der Waals surface area contributed by atoms with E-state index in [0.29, 0.717) is 18.7 Å². The molecular weight excluding hydrogens is 142 g/mol. The van der Waals surface area contributed by atoms with Crippen LogP contribution in [-0.4, -0.2) is 24.2 Å². The molecule has 0 saturated carbocycles. The van der Waals surface area contributed by atoms with E-state index in [2.05, 4.69) is 19.2 Å². The van der Waals surface area contributed by atoms with Gasteiger partial charge in [-0.05, 0) is 18.8 Å². The lowest BCUT2D eigenvalue weighted by molar-refractivity contribution is -0.110. The van der Waals surface area contributed by atoms with E-state index in [9.17, 15) is 4.79 Å². The highest BCUT2D eigenvalue weighted by atomic mass is 16.3. The lowest BCUT2D eigenvalue weighted by Gasteiger charge is -2.16. The van der Waals surface area contributed by atoms with Gasteiger partial charge in [-0.1, -0.05) is 13.8 Å². The van der Waals surface area contributed by atoms with Crippen molar-refractivity contribution in [1.29, 1.82) is 0 Å². The minimum absolute atomic E-state index is 0.137. The van der Waals surface area contributed by atoms with Gasteiger partial charge in [0.2, 0.25) is 6.41 Å². The van der Waals surface area contributed by atoms with Gasteiger partial charge >= 0.3 is 0 Å². The molecule has 0 aromatic carbocycles. The second kappa shape index (κ2) is 6.16. The van der Waals surface area contributed by atoms with Crippen LogP contribution in [0.5, 0.6) is 0 Å². The number of amides is 1. The maximum atomic E-state index is 10.1. The van der Waals surface area contributed by atoms with Crippen molar-refractivity contribution in [2.45, 2.75) is 32.7 Å². The Morgan fingerprint density at radius 2 is 2.18 bits per heavy atom. The molecule has 0 heterocycles. The predicted octanol–water partition coefficient (Wildman–Crippen LogP) is 0.529. The highest BCUT2D eigenvalue weighted by Crippen LogP contribution is 2.06. The average molecular weight is 159 g/mol. The molecule has 0 aromatic rings. The van der Waals surface area contributed by atoms with Crippen molar-refractivity contribution in [3.8, 4) is 0 Å². The molecule has 0 fully saturated rings. The topological polar surface area (TPSA) is 49.3 Å². The summed E-state index contributed by atoms with van der Waals surface area (Å²) in [7, 11) is 0. The van der Waals surface area contributed by atoms with Crippen LogP contribution in [0.1, 0.15) is 26.7 Å². The monoisotopic (exact) mass is 159 g/mol. The number of aliphatic hydroxyl groups is 1. The van der Waals surface area contributed by atoms with Crippen molar-refractivity contribution in [3.05, 3.63) is 0 Å². The first-order valence-corrected chi connectivity index (χ1v) is 4.01. The van der Waals surface area contributed by atoms with E-state index in [4.69, 9.17) is 5.11 Å². The number of hydrogen-bond acceptors (Lipinski definition) is 2. The first-order chi connectivity index (χ1) is 5.20. The fourth-order valence-electron chi connectivity index (χ4n) is 1.09. The zero-order valence-electron chi connectivity index (χ0n) is 7.21. The van der Waals surface area contributed by atoms with Gasteiger partial charge in [-0.15, -0.1) is 0 Å². The molecule has 2 N–H and O–H groups in total. The fraction of sp³-hybridized carbons (Fsp3) is 0.875. The van der Waals surface area contributed by atoms with Crippen LogP contribution >= 0.6 is 0 Å². The Labute approximate surface area is 67.8 Å². The molecule has 0 bridgehead atoms. The van der Waals surface area contributed by atoms with E-state index in [1.165, 1.54) is 0 Å². The van der Waals surface area contributed by atoms with E-state index in [-0.39, 0.29) is 12.6 Å². The Balaban J connectivity index is 3.58. The molecule has 3 heteroatoms. The van der Waals surface area contributed by atoms with E-state index in [0.717, 1.165) is 6.42 Å². The summed E-state index contributed by atoms with van der Waals surface area (Å²) >= 11 is 0. The van der Waals surface area contributed by atoms with Gasteiger partial charge in [0.05, 0.1) is 0 Å². The van der Waals surface area contributed by atoms with Crippen molar-refractivity contribution >= 4 is 6.41 Å². The number of carbonyl (C=O) groups excluding carboxylic acids is 1. The minimum atomic E-state index is 0.137. The summed E-state index contributed by atoms with van der Waals surface area (Å²) in [5, 5.41) is 11.3. The van der Waals surface area contributed by atoms with E-state index < -0.39 is 0 Å². The Bertz CT molecular complexity index is 104. The molecule has 0 aliphatic carbocycles. The number of nitrogens with one attached hydrogen (secondary N) is 1. The zero-order chi connectivity index (χ0) is 8.69. The van der Waals surface area contributed by atoms with Crippen LogP contribution in [0.4, 0.5) is 0 Å². The lowest BCUT2D eigenvalue weighted by atomic mass is 10.0. The number of aliphatic hydroxyl groups excluding tert-OH is 1. The van der Waals surface area contributed by atoms with Crippen LogP contribution in [-0.2, 0) is 4.79 Å². The third kappa shape index (κ3) is 5.85. The van der Waals surface area contributed by atoms with Crippen LogP contribution in [0, 0.1) is 5.92 Å². The second-order valence-electron chi connectivity index (χ2n) is 3.12. The summed E-state index contributed by atoms with van der Waals surface area (Å²) in [6.07, 6.45) is 2.28. The summed E-state index contributed by atoms with van der Waals surface area (Å²) in [5.74, 6) is 0.555. The van der Waals surface area contributed by atoms with Crippen molar-refractivity contribution in [2.24, 2.45) is 5.92 Å². The molecule has 0 saturated heterocycles. The molecule has 0 spiro atoms. The highest BCUT2D eigenvalue weighted by Gasteiger charge is 2.07. The van der Waals surface area contributed by atoms with Crippen molar-refractivity contribution in [2.75, 3.05) is 6.61 Å². The third-order valence-corrected chi connectivity index (χ3v) is 1.54. The normalized spacial score (nSPS) is 13.1. The predicted molar refractivity (Wildman–Crippen MR) is 44.1 cm³/mol. The van der Waals surface area contributed by atoms with Crippen LogP contribution in [0.15, 0.2) is 0 Å². The minimum Gasteiger partial charge on any atom is -0.396 e. The molecule has 1 amide bonds. The first kappa shape index (κ1) is 10.4. The third-order valence-electron chi connectivity index (χ3n) is 1.54. The zero-order valence-corrected chi connectivity index (χ0v) is 7.21. The van der Waals surface area contributed by atoms with Crippen molar-refractivity contribution in [1.82, 2.24) is 5.32 Å². The molecule has 0 aromatic heterocycles. The molecule has 0 rings (SSSR count). The van der Waals surface area contributed by atoms with Crippen LogP contribution in [0.2, 0.25) is 0 Å². The van der Waals surface area contributed by atoms with E-state index in [1.54, 1.807) is 0 Å². The molecule has 1 atom stereocenters. The molecule has 0 aliphatic rings. The number of carbonyl (C=O) groups is 1. The second-order valence-corrected chi connectivity index (χ2v) is 3.12. The summed E-state index contributed by atoms with van der Waals surface area (Å²) in [5.41, 5.74) is 0. The summed E-state index contributed by atoms with van der Waals surface area (Å²) < 4.78 is 0. The fourth-order valence-corrected chi connectivity index (χ4v) is 1.09. The van der Waals surface area contributed by atoms with Gasteiger partial charge in [-0.25, -0.2) is 0 Å². The largest absolute Gasteiger partial charge is 0.396 e. The van der Waals surface area contributed by atoms with Crippen LogP contribution < -0.4 is 5.32 Å². The van der Waals surface area contributed by atoms with Crippen LogP contribution in [0.3, 0.4) is 0 Å². The average Bonchev–Trinajstić information content (AvgIpc) is 1.87. The maximum absolute atomic E-state index is 10.1. The molecule has 3 nitrogen and oxygen atoms in total. The molecular formula is C8H17NO2. The lowest BCUT2D eigenvalue weighted by Crippen LogP contribution is -2.30. The molecule has 0 radical (unpaired) electrons. The molecule has 0 unspecified atom stereocenters. The molecule has 11 heavy (non-hydrogen) atoms. The van der Waals surface area contributed by atoms with Gasteiger partial charge in [-0.2, -0.15) is 0 Å². The molecule has 66 valence electrons. The highest BCUT2D eigenvalue weighted by molar-refractivity contribution is 5.46. The Morgan fingerprint density at radius 3 is 2.55 bits per heavy atom. The molecule has 0 aliphatic heterocycles. The summed E-state index contributed by atoms with van der Waals surface area (Å²) in [4.78, 5) is 10.1. The van der Waals surface area contributed by atoms with E-state index >= 15 is 0 Å². The SMILES string of the molecule is CC(C)C[C@@H](CCO)NC=O. The van der Waals surface area contributed by atoms with Gasteiger partial charge in [0.25, 0.3) is 0 Å². The number of rotatable bonds is 6.